The lowest BCUT2D eigenvalue weighted by atomic mass is 10.0. The van der Waals surface area contributed by atoms with Crippen molar-refractivity contribution in [3.05, 3.63) is 150 Å². The van der Waals surface area contributed by atoms with E-state index in [4.69, 9.17) is 11.6 Å². The lowest BCUT2D eigenvalue weighted by molar-refractivity contribution is 0.344. The van der Waals surface area contributed by atoms with Crippen molar-refractivity contribution in [2.75, 3.05) is 62.2 Å². The fraction of sp³-hybridized carbons (Fsp3) is 0.286. The van der Waals surface area contributed by atoms with E-state index in [0.29, 0.717) is 37.4 Å². The normalized spacial score (nSPS) is 15.2. The van der Waals surface area contributed by atoms with Crippen LogP contribution in [0, 0.1) is 77.8 Å². The number of benzene rings is 4. The SMILES string of the molecule is Cc1cc(C)cc(Cc2csc(N3CCN(S(=O)(=O)c4c(F)c(F)c(F)c(F)c4F)CC3)n2)c1.O=S(=O)(c1c(F)c(F)c(F)c(F)c1F)N1CCN(c2nc(Cc3ccc(F)c(Cl)c3)cs2)CC1. The van der Waals surface area contributed by atoms with Gasteiger partial charge in [0.2, 0.25) is 31.7 Å². The highest BCUT2D eigenvalue weighted by Gasteiger charge is 2.40. The fourth-order valence-electron chi connectivity index (χ4n) is 7.40. The minimum absolute atomic E-state index is 0.0147. The van der Waals surface area contributed by atoms with Gasteiger partial charge in [0.1, 0.15) is 5.82 Å². The Morgan fingerprint density at radius 3 is 1.22 bits per heavy atom. The van der Waals surface area contributed by atoms with Crippen molar-refractivity contribution in [3.63, 3.8) is 0 Å². The smallest absolute Gasteiger partial charge is 0.249 e. The van der Waals surface area contributed by atoms with Crippen molar-refractivity contribution in [3.8, 4) is 0 Å². The summed E-state index contributed by atoms with van der Waals surface area (Å²) in [4.78, 5) is 8.93. The van der Waals surface area contributed by atoms with Crippen LogP contribution in [0.3, 0.4) is 0 Å². The predicted octanol–water partition coefficient (Wildman–Crippen LogP) is 9.29. The number of hydrogen-bond acceptors (Lipinski definition) is 10. The van der Waals surface area contributed by atoms with E-state index in [1.54, 1.807) is 16.3 Å². The molecule has 0 unspecified atom stereocenters. The van der Waals surface area contributed by atoms with E-state index in [0.717, 1.165) is 27.9 Å². The fourth-order valence-corrected chi connectivity index (χ4v) is 12.4. The summed E-state index contributed by atoms with van der Waals surface area (Å²) in [7, 11) is -9.93. The van der Waals surface area contributed by atoms with Gasteiger partial charge in [-0.25, -0.2) is 75.1 Å². The molecule has 0 spiro atoms. The summed E-state index contributed by atoms with van der Waals surface area (Å²) in [6.45, 7) is 3.55. The van der Waals surface area contributed by atoms with Crippen LogP contribution in [0.5, 0.6) is 0 Å². The largest absolute Gasteiger partial charge is 0.345 e. The molecule has 4 aromatic carbocycles. The molecule has 0 amide bonds. The molecule has 26 heteroatoms. The third kappa shape index (κ3) is 10.3. The summed E-state index contributed by atoms with van der Waals surface area (Å²) in [6.07, 6.45) is 1.01. The van der Waals surface area contributed by atoms with E-state index in [1.807, 2.05) is 24.1 Å². The molecule has 0 saturated carbocycles. The first-order valence-electron chi connectivity index (χ1n) is 19.9. The number of aryl methyl sites for hydroxylation is 2. The minimum Gasteiger partial charge on any atom is -0.345 e. The Hall–Kier alpha value is -4.92. The minimum atomic E-state index is -4.98. The Bertz CT molecular complexity index is 3050. The first kappa shape index (κ1) is 50.9. The van der Waals surface area contributed by atoms with Gasteiger partial charge in [-0.05, 0) is 37.1 Å². The van der Waals surface area contributed by atoms with E-state index in [-0.39, 0.29) is 57.4 Å². The molecule has 2 aromatic heterocycles. The van der Waals surface area contributed by atoms with Crippen molar-refractivity contribution in [2.45, 2.75) is 36.5 Å². The van der Waals surface area contributed by atoms with Crippen molar-refractivity contribution in [1.82, 2.24) is 18.6 Å². The van der Waals surface area contributed by atoms with Crippen LogP contribution in [0.4, 0.5) is 58.6 Å². The van der Waals surface area contributed by atoms with Gasteiger partial charge in [0, 0.05) is 76.0 Å². The molecule has 0 atom stereocenters. The lowest BCUT2D eigenvalue weighted by Crippen LogP contribution is -2.49. The second-order valence-corrected chi connectivity index (χ2v) is 21.3. The van der Waals surface area contributed by atoms with E-state index in [1.165, 1.54) is 34.8 Å². The second kappa shape index (κ2) is 20.2. The molecule has 0 radical (unpaired) electrons. The number of halogens is 12. The van der Waals surface area contributed by atoms with E-state index in [9.17, 15) is 65.1 Å². The molecule has 2 aliphatic heterocycles. The van der Waals surface area contributed by atoms with Gasteiger partial charge in [-0.15, -0.1) is 22.7 Å². The first-order chi connectivity index (χ1) is 32.0. The van der Waals surface area contributed by atoms with E-state index >= 15 is 0 Å². The van der Waals surface area contributed by atoms with Gasteiger partial charge in [-0.3, -0.25) is 0 Å². The van der Waals surface area contributed by atoms with Gasteiger partial charge in [0.15, 0.2) is 66.6 Å². The molecule has 68 heavy (non-hydrogen) atoms. The molecule has 4 heterocycles. The Labute approximate surface area is 394 Å². The molecule has 6 aromatic rings. The maximum atomic E-state index is 14.1. The van der Waals surface area contributed by atoms with Crippen molar-refractivity contribution in [1.29, 1.82) is 0 Å². The Balaban J connectivity index is 0.000000201. The quantitative estimate of drug-likeness (QED) is 0.0760. The monoisotopic (exact) mass is 1060 g/mol. The predicted molar refractivity (Wildman–Crippen MR) is 232 cm³/mol. The third-order valence-electron chi connectivity index (χ3n) is 10.7. The molecule has 364 valence electrons. The summed E-state index contributed by atoms with van der Waals surface area (Å²) in [5.74, 6) is -24.1. The zero-order valence-corrected chi connectivity index (χ0v) is 39.2. The van der Waals surface area contributed by atoms with Gasteiger partial charge >= 0.3 is 0 Å². The Morgan fingerprint density at radius 1 is 0.500 bits per heavy atom. The molecule has 2 aliphatic rings. The van der Waals surface area contributed by atoms with Crippen molar-refractivity contribution < 1.29 is 65.1 Å². The van der Waals surface area contributed by atoms with Crippen LogP contribution in [0.1, 0.15) is 33.6 Å². The topological polar surface area (TPSA) is 107 Å². The molecular formula is C42H34ClF11N6O4S4. The number of thiazole rings is 2. The summed E-state index contributed by atoms with van der Waals surface area (Å²) >= 11 is 8.45. The molecule has 2 fully saturated rings. The van der Waals surface area contributed by atoms with Gasteiger partial charge in [-0.2, -0.15) is 8.61 Å². The van der Waals surface area contributed by atoms with E-state index < -0.39 is 93.8 Å². The molecule has 0 aliphatic carbocycles. The maximum Gasteiger partial charge on any atom is 0.249 e. The van der Waals surface area contributed by atoms with Crippen LogP contribution < -0.4 is 9.80 Å². The van der Waals surface area contributed by atoms with Crippen LogP contribution in [0.15, 0.2) is 56.9 Å². The van der Waals surface area contributed by atoms with Gasteiger partial charge < -0.3 is 9.80 Å². The number of rotatable bonds is 10. The summed E-state index contributed by atoms with van der Waals surface area (Å²) in [6, 6.07) is 10.5. The van der Waals surface area contributed by atoms with Gasteiger partial charge in [0.05, 0.1) is 16.4 Å². The average molecular weight is 1060 g/mol. The summed E-state index contributed by atoms with van der Waals surface area (Å²) in [5.41, 5.74) is 5.67. The van der Waals surface area contributed by atoms with Crippen LogP contribution >= 0.6 is 34.3 Å². The average Bonchev–Trinajstić information content (AvgIpc) is 3.97. The number of sulfonamides is 2. The number of anilines is 2. The van der Waals surface area contributed by atoms with Gasteiger partial charge in [-0.1, -0.05) is 47.0 Å². The number of hydrogen-bond donors (Lipinski definition) is 0. The number of piperazine rings is 2. The summed E-state index contributed by atoms with van der Waals surface area (Å²) in [5, 5.41) is 4.87. The van der Waals surface area contributed by atoms with Crippen LogP contribution in [-0.2, 0) is 32.9 Å². The van der Waals surface area contributed by atoms with Crippen molar-refractivity contribution in [2.24, 2.45) is 0 Å². The van der Waals surface area contributed by atoms with Crippen molar-refractivity contribution >= 4 is 64.6 Å². The molecule has 0 bridgehead atoms. The van der Waals surface area contributed by atoms with Crippen LogP contribution in [-0.4, -0.2) is 87.8 Å². The highest BCUT2D eigenvalue weighted by molar-refractivity contribution is 7.89. The zero-order valence-electron chi connectivity index (χ0n) is 35.2. The standard InChI is InChI=1S/C22H20F5N3O2S2.C20H14ClF6N3O2S2/c1-12-7-13(2)9-14(8-12)10-15-11-33-22(28-15)29-3-5-30(6-4-29)34(31,32)21-19(26)17(24)16(23)18(25)20(21)27;21-12-8-10(1-2-13(12)22)7-11-9-33-20(28-11)29-3-5-30(6-4-29)34(31,32)19-17(26)15(24)14(23)16(25)18(19)27/h7-9,11H,3-6,10H2,1-2H3;1-2,8-9H,3-7H2. The molecule has 8 rings (SSSR count). The highest BCUT2D eigenvalue weighted by atomic mass is 35.5. The van der Waals surface area contributed by atoms with E-state index in [2.05, 4.69) is 28.2 Å². The molecule has 0 N–H and O–H groups in total. The Kier molecular flexibility index (Phi) is 15.1. The van der Waals surface area contributed by atoms with Gasteiger partial charge in [0.25, 0.3) is 0 Å². The summed E-state index contributed by atoms with van der Waals surface area (Å²) < 4.78 is 202. The van der Waals surface area contributed by atoms with Crippen LogP contribution in [0.25, 0.3) is 0 Å². The zero-order chi connectivity index (χ0) is 49.6. The maximum absolute atomic E-state index is 14.1. The highest BCUT2D eigenvalue weighted by Crippen LogP contribution is 2.33. The second-order valence-electron chi connectivity index (χ2n) is 15.4. The molecule has 10 nitrogen and oxygen atoms in total. The molecule has 2 saturated heterocycles. The Morgan fingerprint density at radius 2 is 0.853 bits per heavy atom. The first-order valence-corrected chi connectivity index (χ1v) is 24.9. The number of nitrogens with zero attached hydrogens (tertiary/aromatic N) is 6. The number of aromatic nitrogens is 2. The van der Waals surface area contributed by atoms with Crippen LogP contribution in [0.2, 0.25) is 5.02 Å². The lowest BCUT2D eigenvalue weighted by Gasteiger charge is -2.33. The third-order valence-corrected chi connectivity index (χ3v) is 16.7. The molecular weight excluding hydrogens is 1030 g/mol.